The molecule has 6 rings (SSSR count). The number of hydrogen-bond acceptors (Lipinski definition) is 6. The van der Waals surface area contributed by atoms with Crippen LogP contribution in [0.4, 0.5) is 5.82 Å². The Morgan fingerprint density at radius 1 is 1.03 bits per heavy atom. The molecule has 0 radical (unpaired) electrons. The molecule has 30 heavy (non-hydrogen) atoms. The third-order valence-corrected chi connectivity index (χ3v) is 6.81. The second-order valence-electron chi connectivity index (χ2n) is 8.79. The number of carbonyl (C=O) groups excluding carboxylic acids is 1. The van der Waals surface area contributed by atoms with E-state index in [1.165, 1.54) is 0 Å². The van der Waals surface area contributed by atoms with Crippen molar-refractivity contribution in [3.05, 3.63) is 30.4 Å². The third-order valence-electron chi connectivity index (χ3n) is 6.81. The molecule has 0 spiro atoms. The van der Waals surface area contributed by atoms with Gasteiger partial charge in [-0.1, -0.05) is 0 Å². The molecule has 9 heteroatoms. The number of carbonyl (C=O) groups is 1. The number of nitrogens with zero attached hydrogens (tertiary/aromatic N) is 7. The van der Waals surface area contributed by atoms with Crippen LogP contribution in [0.2, 0.25) is 0 Å². The van der Waals surface area contributed by atoms with E-state index in [4.69, 9.17) is 9.97 Å². The summed E-state index contributed by atoms with van der Waals surface area (Å²) in [6, 6.07) is 4.09. The van der Waals surface area contributed by atoms with Crippen molar-refractivity contribution in [1.82, 2.24) is 34.8 Å². The number of piperidine rings is 1. The molecule has 156 valence electrons. The first-order chi connectivity index (χ1) is 14.7. The summed E-state index contributed by atoms with van der Waals surface area (Å²) in [5.41, 5.74) is 1.38. The summed E-state index contributed by atoms with van der Waals surface area (Å²) in [6.07, 6.45) is 9.62. The standard InChI is InChI=1S/C21H26N8O/c30-19(27-11-1-2-12-27)15-4-3-13-28(14-15)17-6-5-16-18(25-17)26-20(24-16)21(7-8-21)29-22-9-10-23-29/h5-6,9-10,15H,1-4,7-8,11-14H2,(H,24,25,26). The number of likely N-dealkylation sites (tertiary alicyclic amines) is 1. The van der Waals surface area contributed by atoms with Crippen molar-refractivity contribution in [1.29, 1.82) is 0 Å². The fourth-order valence-corrected chi connectivity index (χ4v) is 4.95. The zero-order valence-electron chi connectivity index (χ0n) is 17.0. The van der Waals surface area contributed by atoms with E-state index in [9.17, 15) is 4.79 Å². The van der Waals surface area contributed by atoms with Crippen molar-refractivity contribution in [3.63, 3.8) is 0 Å². The van der Waals surface area contributed by atoms with Crippen LogP contribution in [0.15, 0.2) is 24.5 Å². The van der Waals surface area contributed by atoms with E-state index < -0.39 is 0 Å². The van der Waals surface area contributed by atoms with E-state index in [1.807, 2.05) is 17.0 Å². The first-order valence-corrected chi connectivity index (χ1v) is 11.0. The Bertz CT molecular complexity index is 1060. The Hall–Kier alpha value is -2.97. The molecule has 1 atom stereocenters. The Balaban J connectivity index is 1.24. The molecule has 0 aromatic carbocycles. The largest absolute Gasteiger partial charge is 0.356 e. The van der Waals surface area contributed by atoms with Crippen molar-refractivity contribution in [2.24, 2.45) is 5.92 Å². The number of imidazole rings is 1. The summed E-state index contributed by atoms with van der Waals surface area (Å²) in [4.78, 5) is 32.0. The van der Waals surface area contributed by atoms with Gasteiger partial charge in [0.15, 0.2) is 5.65 Å². The molecular formula is C21H26N8O. The minimum atomic E-state index is -0.261. The molecule has 3 aromatic rings. The summed E-state index contributed by atoms with van der Waals surface area (Å²) >= 11 is 0. The third kappa shape index (κ3) is 2.86. The zero-order valence-corrected chi connectivity index (χ0v) is 17.0. The number of nitrogens with one attached hydrogen (secondary N) is 1. The summed E-state index contributed by atoms with van der Waals surface area (Å²) in [5.74, 6) is 2.17. The molecule has 2 saturated heterocycles. The molecule has 1 amide bonds. The van der Waals surface area contributed by atoms with Gasteiger partial charge < -0.3 is 14.8 Å². The number of H-pyrrole nitrogens is 1. The lowest BCUT2D eigenvalue weighted by Gasteiger charge is -2.34. The van der Waals surface area contributed by atoms with Gasteiger partial charge in [0.2, 0.25) is 5.91 Å². The van der Waals surface area contributed by atoms with Crippen LogP contribution in [0.25, 0.3) is 11.2 Å². The average Bonchev–Trinajstić information content (AvgIpc) is 3.24. The van der Waals surface area contributed by atoms with Gasteiger partial charge in [-0.05, 0) is 50.7 Å². The van der Waals surface area contributed by atoms with E-state index in [0.717, 1.165) is 81.9 Å². The normalized spacial score (nSPS) is 23.3. The first kappa shape index (κ1) is 17.9. The minimum Gasteiger partial charge on any atom is -0.356 e. The molecular weight excluding hydrogens is 380 g/mol. The van der Waals surface area contributed by atoms with Gasteiger partial charge in [-0.25, -0.2) is 9.97 Å². The van der Waals surface area contributed by atoms with Crippen molar-refractivity contribution < 1.29 is 4.79 Å². The van der Waals surface area contributed by atoms with Crippen molar-refractivity contribution in [2.75, 3.05) is 31.1 Å². The number of aromatic amines is 1. The minimum absolute atomic E-state index is 0.0738. The Morgan fingerprint density at radius 2 is 1.83 bits per heavy atom. The highest BCUT2D eigenvalue weighted by Crippen LogP contribution is 2.47. The fourth-order valence-electron chi connectivity index (χ4n) is 4.95. The maximum atomic E-state index is 12.9. The summed E-state index contributed by atoms with van der Waals surface area (Å²) in [7, 11) is 0. The van der Waals surface area contributed by atoms with Crippen molar-refractivity contribution in [3.8, 4) is 0 Å². The zero-order chi connectivity index (χ0) is 20.1. The quantitative estimate of drug-likeness (QED) is 0.711. The molecule has 1 saturated carbocycles. The van der Waals surface area contributed by atoms with Gasteiger partial charge in [0.1, 0.15) is 17.2 Å². The lowest BCUT2D eigenvalue weighted by atomic mass is 9.96. The molecule has 3 aliphatic rings. The lowest BCUT2D eigenvalue weighted by molar-refractivity contribution is -0.134. The monoisotopic (exact) mass is 406 g/mol. The highest BCUT2D eigenvalue weighted by molar-refractivity contribution is 5.80. The number of rotatable bonds is 4. The van der Waals surface area contributed by atoms with Crippen LogP contribution in [0.1, 0.15) is 44.3 Å². The van der Waals surface area contributed by atoms with Crippen LogP contribution in [0.3, 0.4) is 0 Å². The molecule has 2 aliphatic heterocycles. The van der Waals surface area contributed by atoms with Gasteiger partial charge >= 0.3 is 0 Å². The second kappa shape index (κ2) is 6.78. The molecule has 1 aliphatic carbocycles. The first-order valence-electron chi connectivity index (χ1n) is 11.0. The molecule has 3 aromatic heterocycles. The SMILES string of the molecule is O=C(C1CCCN(c2ccc3[nH]c(C4(n5nccn5)CC4)nc3n2)C1)N1CCCC1. The number of fused-ring (bicyclic) bond motifs is 1. The second-order valence-corrected chi connectivity index (χ2v) is 8.79. The predicted octanol–water partition coefficient (Wildman–Crippen LogP) is 1.93. The Kier molecular flexibility index (Phi) is 4.04. The number of hydrogen-bond donors (Lipinski definition) is 1. The van der Waals surface area contributed by atoms with E-state index >= 15 is 0 Å². The van der Waals surface area contributed by atoms with Gasteiger partial charge in [0.05, 0.1) is 23.8 Å². The van der Waals surface area contributed by atoms with Crippen LogP contribution >= 0.6 is 0 Å². The van der Waals surface area contributed by atoms with Crippen LogP contribution < -0.4 is 4.90 Å². The van der Waals surface area contributed by atoms with Gasteiger partial charge in [0.25, 0.3) is 0 Å². The van der Waals surface area contributed by atoms with Crippen molar-refractivity contribution in [2.45, 2.75) is 44.1 Å². The Labute approximate surface area is 174 Å². The van der Waals surface area contributed by atoms with Gasteiger partial charge in [0, 0.05) is 26.2 Å². The van der Waals surface area contributed by atoms with Gasteiger partial charge in [-0.15, -0.1) is 0 Å². The smallest absolute Gasteiger partial charge is 0.227 e. The fraction of sp³-hybridized carbons (Fsp3) is 0.571. The van der Waals surface area contributed by atoms with E-state index in [1.54, 1.807) is 17.2 Å². The summed E-state index contributed by atoms with van der Waals surface area (Å²) in [6.45, 7) is 3.51. The molecule has 0 bridgehead atoms. The maximum absolute atomic E-state index is 12.9. The topological polar surface area (TPSA) is 95.8 Å². The van der Waals surface area contributed by atoms with Crippen LogP contribution in [0, 0.1) is 5.92 Å². The van der Waals surface area contributed by atoms with E-state index in [-0.39, 0.29) is 11.5 Å². The lowest BCUT2D eigenvalue weighted by Crippen LogP contribution is -2.44. The van der Waals surface area contributed by atoms with Crippen LogP contribution in [0.5, 0.6) is 0 Å². The molecule has 3 fully saturated rings. The Morgan fingerprint density at radius 3 is 2.60 bits per heavy atom. The van der Waals surface area contributed by atoms with E-state index in [0.29, 0.717) is 11.6 Å². The highest BCUT2D eigenvalue weighted by Gasteiger charge is 2.51. The van der Waals surface area contributed by atoms with Crippen LogP contribution in [-0.2, 0) is 10.3 Å². The highest BCUT2D eigenvalue weighted by atomic mass is 16.2. The number of anilines is 1. The molecule has 1 N–H and O–H groups in total. The maximum Gasteiger partial charge on any atom is 0.227 e. The van der Waals surface area contributed by atoms with Crippen LogP contribution in [-0.4, -0.2) is 66.9 Å². The van der Waals surface area contributed by atoms with E-state index in [2.05, 4.69) is 20.1 Å². The average molecular weight is 406 g/mol. The summed E-state index contributed by atoms with van der Waals surface area (Å²) < 4.78 is 0. The van der Waals surface area contributed by atoms with Crippen molar-refractivity contribution >= 4 is 22.9 Å². The van der Waals surface area contributed by atoms with Gasteiger partial charge in [-0.2, -0.15) is 15.0 Å². The predicted molar refractivity (Wildman–Crippen MR) is 111 cm³/mol. The number of pyridine rings is 1. The number of amides is 1. The molecule has 5 heterocycles. The molecule has 1 unspecified atom stereocenters. The summed E-state index contributed by atoms with van der Waals surface area (Å²) in [5, 5.41) is 8.65. The van der Waals surface area contributed by atoms with Gasteiger partial charge in [-0.3, -0.25) is 4.79 Å². The number of aromatic nitrogens is 6. The molecule has 9 nitrogen and oxygen atoms in total.